The fraction of sp³-hybridized carbons (Fsp3) is 0.368. The Bertz CT molecular complexity index is 892. The normalized spacial score (nSPS) is 15.7. The molecule has 1 saturated heterocycles. The maximum absolute atomic E-state index is 13.0. The summed E-state index contributed by atoms with van der Waals surface area (Å²) in [6.45, 7) is 5.62. The number of carbonyl (C=O) groups excluding carboxylic acids is 1. The van der Waals surface area contributed by atoms with Crippen LogP contribution in [0.1, 0.15) is 24.2 Å². The van der Waals surface area contributed by atoms with Gasteiger partial charge in [-0.2, -0.15) is 4.31 Å². The van der Waals surface area contributed by atoms with Crippen LogP contribution in [-0.2, 0) is 10.0 Å². The lowest BCUT2D eigenvalue weighted by molar-refractivity contribution is 0.0943. The zero-order valence-corrected chi connectivity index (χ0v) is 16.3. The average molecular weight is 388 g/mol. The second-order valence-electron chi connectivity index (χ2n) is 6.74. The van der Waals surface area contributed by atoms with Crippen molar-refractivity contribution < 1.29 is 13.2 Å². The van der Waals surface area contributed by atoms with Crippen molar-refractivity contribution in [1.29, 1.82) is 0 Å². The molecule has 7 nitrogen and oxygen atoms in total. The van der Waals surface area contributed by atoms with Crippen LogP contribution in [-0.4, -0.2) is 55.8 Å². The number of hydrogen-bond acceptors (Lipinski definition) is 5. The molecule has 0 saturated carbocycles. The molecule has 1 aliphatic heterocycles. The summed E-state index contributed by atoms with van der Waals surface area (Å²) in [6.07, 6.45) is 1.73. The summed E-state index contributed by atoms with van der Waals surface area (Å²) in [4.78, 5) is 18.7. The van der Waals surface area contributed by atoms with E-state index in [4.69, 9.17) is 0 Å². The molecule has 1 N–H and O–H groups in total. The zero-order valence-electron chi connectivity index (χ0n) is 15.5. The van der Waals surface area contributed by atoms with Crippen molar-refractivity contribution in [3.05, 3.63) is 54.2 Å². The number of nitrogens with zero attached hydrogens (tertiary/aromatic N) is 3. The van der Waals surface area contributed by atoms with Crippen molar-refractivity contribution in [2.24, 2.45) is 0 Å². The highest BCUT2D eigenvalue weighted by Gasteiger charge is 2.29. The minimum Gasteiger partial charge on any atom is -0.354 e. The predicted molar refractivity (Wildman–Crippen MR) is 104 cm³/mol. The Kier molecular flexibility index (Phi) is 5.76. The van der Waals surface area contributed by atoms with Crippen LogP contribution >= 0.6 is 0 Å². The lowest BCUT2D eigenvalue weighted by atomic mass is 10.2. The van der Waals surface area contributed by atoms with Gasteiger partial charge in [0, 0.05) is 44.0 Å². The second-order valence-corrected chi connectivity index (χ2v) is 8.67. The van der Waals surface area contributed by atoms with Gasteiger partial charge >= 0.3 is 0 Å². The van der Waals surface area contributed by atoms with Crippen molar-refractivity contribution in [1.82, 2.24) is 14.6 Å². The Labute approximate surface area is 160 Å². The molecule has 1 aromatic carbocycles. The Hall–Kier alpha value is -2.45. The van der Waals surface area contributed by atoms with E-state index in [1.54, 1.807) is 18.3 Å². The van der Waals surface area contributed by atoms with Gasteiger partial charge in [0.2, 0.25) is 10.0 Å². The number of rotatable bonds is 5. The Morgan fingerprint density at radius 3 is 2.44 bits per heavy atom. The van der Waals surface area contributed by atoms with E-state index in [-0.39, 0.29) is 16.8 Å². The minimum absolute atomic E-state index is 0.0163. The molecule has 1 amide bonds. The fourth-order valence-electron chi connectivity index (χ4n) is 2.99. The number of pyridine rings is 1. The molecule has 0 radical (unpaired) electrons. The zero-order chi connectivity index (χ0) is 19.4. The fourth-order valence-corrected chi connectivity index (χ4v) is 4.46. The largest absolute Gasteiger partial charge is 0.354 e. The van der Waals surface area contributed by atoms with Crippen LogP contribution in [0.25, 0.3) is 0 Å². The molecule has 1 fully saturated rings. The molecule has 144 valence electrons. The summed E-state index contributed by atoms with van der Waals surface area (Å²) in [5.74, 6) is 0.573. The van der Waals surface area contributed by atoms with Crippen LogP contribution in [0.5, 0.6) is 0 Å². The predicted octanol–water partition coefficient (Wildman–Crippen LogP) is 1.73. The van der Waals surface area contributed by atoms with Gasteiger partial charge in [0.15, 0.2) is 0 Å². The Balaban J connectivity index is 1.73. The van der Waals surface area contributed by atoms with Crippen molar-refractivity contribution >= 4 is 21.7 Å². The van der Waals surface area contributed by atoms with E-state index in [1.807, 2.05) is 32.0 Å². The minimum atomic E-state index is -3.65. The highest BCUT2D eigenvalue weighted by Crippen LogP contribution is 2.21. The average Bonchev–Trinajstić information content (AvgIpc) is 2.68. The molecular formula is C19H24N4O3S. The smallest absolute Gasteiger partial charge is 0.251 e. The first kappa shape index (κ1) is 19.3. The molecule has 0 bridgehead atoms. The number of benzene rings is 1. The van der Waals surface area contributed by atoms with E-state index in [1.165, 1.54) is 16.4 Å². The number of amides is 1. The molecular weight excluding hydrogens is 364 g/mol. The third-order valence-corrected chi connectivity index (χ3v) is 6.26. The van der Waals surface area contributed by atoms with E-state index in [0.29, 0.717) is 31.7 Å². The first-order chi connectivity index (χ1) is 12.9. The maximum atomic E-state index is 13.0. The first-order valence-corrected chi connectivity index (χ1v) is 10.4. The van der Waals surface area contributed by atoms with Gasteiger partial charge in [-0.25, -0.2) is 13.4 Å². The van der Waals surface area contributed by atoms with Crippen LogP contribution in [0.2, 0.25) is 0 Å². The molecule has 3 rings (SSSR count). The summed E-state index contributed by atoms with van der Waals surface area (Å²) < 4.78 is 27.4. The van der Waals surface area contributed by atoms with Crippen LogP contribution in [0.4, 0.5) is 5.82 Å². The lowest BCUT2D eigenvalue weighted by Crippen LogP contribution is -2.48. The number of sulfonamides is 1. The van der Waals surface area contributed by atoms with Gasteiger partial charge < -0.3 is 10.2 Å². The number of nitrogens with one attached hydrogen (secondary N) is 1. The number of hydrogen-bond donors (Lipinski definition) is 1. The number of piperazine rings is 1. The van der Waals surface area contributed by atoms with Gasteiger partial charge in [-0.05, 0) is 44.2 Å². The number of carbonyl (C=O) groups is 1. The standard InChI is InChI=1S/C19H24N4O3S/c1-15(2)21-19(24)16-6-5-7-17(14-16)27(25,26)23-12-10-22(11-13-23)18-8-3-4-9-20-18/h3-9,14-15H,10-13H2,1-2H3,(H,21,24). The van der Waals surface area contributed by atoms with E-state index < -0.39 is 10.0 Å². The summed E-state index contributed by atoms with van der Waals surface area (Å²) in [6, 6.07) is 11.9. The van der Waals surface area contributed by atoms with Gasteiger partial charge in [0.25, 0.3) is 5.91 Å². The van der Waals surface area contributed by atoms with Crippen molar-refractivity contribution in [3.63, 3.8) is 0 Å². The van der Waals surface area contributed by atoms with Crippen LogP contribution in [0, 0.1) is 0 Å². The third-order valence-electron chi connectivity index (χ3n) is 4.37. The van der Waals surface area contributed by atoms with Crippen LogP contribution in [0.3, 0.4) is 0 Å². The third kappa shape index (κ3) is 4.45. The molecule has 1 aromatic heterocycles. The van der Waals surface area contributed by atoms with E-state index in [2.05, 4.69) is 15.2 Å². The second kappa shape index (κ2) is 8.06. The van der Waals surface area contributed by atoms with Gasteiger partial charge in [0.05, 0.1) is 4.90 Å². The molecule has 2 aromatic rings. The maximum Gasteiger partial charge on any atom is 0.251 e. The van der Waals surface area contributed by atoms with Gasteiger partial charge in [-0.15, -0.1) is 0 Å². The SMILES string of the molecule is CC(C)NC(=O)c1cccc(S(=O)(=O)N2CCN(c3ccccn3)CC2)c1. The van der Waals surface area contributed by atoms with E-state index in [9.17, 15) is 13.2 Å². The summed E-state index contributed by atoms with van der Waals surface area (Å²) in [5.41, 5.74) is 0.344. The van der Waals surface area contributed by atoms with Crippen molar-refractivity contribution in [3.8, 4) is 0 Å². The van der Waals surface area contributed by atoms with Gasteiger partial charge in [-0.1, -0.05) is 12.1 Å². The molecule has 27 heavy (non-hydrogen) atoms. The Morgan fingerprint density at radius 1 is 1.07 bits per heavy atom. The van der Waals surface area contributed by atoms with Gasteiger partial charge in [-0.3, -0.25) is 4.79 Å². The molecule has 0 aliphatic carbocycles. The number of anilines is 1. The Morgan fingerprint density at radius 2 is 1.81 bits per heavy atom. The molecule has 8 heteroatoms. The monoisotopic (exact) mass is 388 g/mol. The van der Waals surface area contributed by atoms with E-state index in [0.717, 1.165) is 5.82 Å². The molecule has 0 atom stereocenters. The van der Waals surface area contributed by atoms with Crippen molar-refractivity contribution in [2.75, 3.05) is 31.1 Å². The molecule has 0 spiro atoms. The van der Waals surface area contributed by atoms with Crippen LogP contribution in [0.15, 0.2) is 53.6 Å². The molecule has 0 unspecified atom stereocenters. The highest BCUT2D eigenvalue weighted by atomic mass is 32.2. The highest BCUT2D eigenvalue weighted by molar-refractivity contribution is 7.89. The summed E-state index contributed by atoms with van der Waals surface area (Å²) in [5, 5.41) is 2.78. The first-order valence-electron chi connectivity index (χ1n) is 8.95. The summed E-state index contributed by atoms with van der Waals surface area (Å²) in [7, 11) is -3.65. The van der Waals surface area contributed by atoms with Gasteiger partial charge in [0.1, 0.15) is 5.82 Å². The lowest BCUT2D eigenvalue weighted by Gasteiger charge is -2.34. The van der Waals surface area contributed by atoms with E-state index >= 15 is 0 Å². The summed E-state index contributed by atoms with van der Waals surface area (Å²) >= 11 is 0. The van der Waals surface area contributed by atoms with Crippen molar-refractivity contribution in [2.45, 2.75) is 24.8 Å². The van der Waals surface area contributed by atoms with Crippen LogP contribution < -0.4 is 10.2 Å². The molecule has 1 aliphatic rings. The molecule has 2 heterocycles. The topological polar surface area (TPSA) is 82.6 Å². The quantitative estimate of drug-likeness (QED) is 0.844. The number of aromatic nitrogens is 1.